The molecule has 0 saturated carbocycles. The van der Waals surface area contributed by atoms with Gasteiger partial charge in [-0.2, -0.15) is 10.1 Å². The predicted octanol–water partition coefficient (Wildman–Crippen LogP) is 1.78. The summed E-state index contributed by atoms with van der Waals surface area (Å²) in [6, 6.07) is 8.05. The molecule has 2 aromatic rings. The van der Waals surface area contributed by atoms with E-state index in [-0.39, 0.29) is 33.9 Å². The number of nitro benzene ring substituents is 1. The maximum atomic E-state index is 12.9. The third kappa shape index (κ3) is 3.70. The summed E-state index contributed by atoms with van der Waals surface area (Å²) < 4.78 is 10.3. The number of carbonyl (C=O) groups is 2. The Morgan fingerprint density at radius 3 is 2.27 bits per heavy atom. The van der Waals surface area contributed by atoms with Gasteiger partial charge in [0.2, 0.25) is 0 Å². The maximum absolute atomic E-state index is 12.9. The lowest BCUT2D eigenvalue weighted by molar-refractivity contribution is -0.385. The first-order chi connectivity index (χ1) is 14.3. The predicted molar refractivity (Wildman–Crippen MR) is 106 cm³/mol. The molecule has 10 heteroatoms. The van der Waals surface area contributed by atoms with Crippen molar-refractivity contribution in [1.82, 2.24) is 0 Å². The van der Waals surface area contributed by atoms with Gasteiger partial charge in [-0.05, 0) is 36.8 Å². The van der Waals surface area contributed by atoms with Gasteiger partial charge in [0.25, 0.3) is 11.6 Å². The number of hydrogen-bond acceptors (Lipinski definition) is 8. The lowest BCUT2D eigenvalue weighted by Crippen LogP contribution is -2.23. The zero-order valence-corrected chi connectivity index (χ0v) is 16.2. The van der Waals surface area contributed by atoms with Crippen LogP contribution in [0.4, 0.5) is 11.4 Å². The normalized spacial score (nSPS) is 14.6. The maximum Gasteiger partial charge on any atom is 0.280 e. The fourth-order valence-corrected chi connectivity index (χ4v) is 2.91. The van der Waals surface area contributed by atoms with Crippen LogP contribution >= 0.6 is 0 Å². The first kappa shape index (κ1) is 20.5. The molecule has 0 atom stereocenters. The van der Waals surface area contributed by atoms with Crippen LogP contribution in [0.15, 0.2) is 47.1 Å². The van der Waals surface area contributed by atoms with Gasteiger partial charge in [-0.25, -0.2) is 0 Å². The summed E-state index contributed by atoms with van der Waals surface area (Å²) in [5.41, 5.74) is 0.668. The fourth-order valence-electron chi connectivity index (χ4n) is 2.91. The topological polar surface area (TPSA) is 134 Å². The van der Waals surface area contributed by atoms with Crippen molar-refractivity contribution in [3.05, 3.63) is 63.2 Å². The van der Waals surface area contributed by atoms with Crippen molar-refractivity contribution in [3.63, 3.8) is 0 Å². The number of aromatic carboxylic acids is 1. The Bertz CT molecular complexity index is 1100. The van der Waals surface area contributed by atoms with Crippen molar-refractivity contribution >= 4 is 35.0 Å². The van der Waals surface area contributed by atoms with E-state index in [1.54, 1.807) is 6.92 Å². The second kappa shape index (κ2) is 8.03. The highest BCUT2D eigenvalue weighted by Crippen LogP contribution is 2.36. The van der Waals surface area contributed by atoms with E-state index in [0.717, 1.165) is 5.01 Å². The molecule has 0 N–H and O–H groups in total. The Labute approximate surface area is 170 Å². The summed E-state index contributed by atoms with van der Waals surface area (Å²) in [6.45, 7) is 1.59. The zero-order valence-electron chi connectivity index (χ0n) is 16.2. The van der Waals surface area contributed by atoms with Crippen LogP contribution in [0.1, 0.15) is 22.8 Å². The summed E-state index contributed by atoms with van der Waals surface area (Å²) in [5, 5.41) is 27.7. The van der Waals surface area contributed by atoms with E-state index in [2.05, 4.69) is 5.10 Å². The van der Waals surface area contributed by atoms with Gasteiger partial charge in [0, 0.05) is 0 Å². The molecule has 154 valence electrons. The number of carboxylic acid groups (broad SMARTS) is 1. The number of methoxy groups -OCH3 is 2. The van der Waals surface area contributed by atoms with Crippen LogP contribution in [0, 0.1) is 10.1 Å². The van der Waals surface area contributed by atoms with Gasteiger partial charge in [-0.3, -0.25) is 14.9 Å². The highest BCUT2D eigenvalue weighted by atomic mass is 16.6. The summed E-state index contributed by atoms with van der Waals surface area (Å²) in [4.78, 5) is 34.7. The molecular weight excluding hydrogens is 394 g/mol. The number of benzene rings is 2. The Morgan fingerprint density at radius 1 is 1.13 bits per heavy atom. The average Bonchev–Trinajstić information content (AvgIpc) is 3.01. The molecule has 10 nitrogen and oxygen atoms in total. The first-order valence-corrected chi connectivity index (χ1v) is 8.60. The highest BCUT2D eigenvalue weighted by Gasteiger charge is 2.30. The standard InChI is InChI=1S/C20H17N3O7/c1-11-15(8-13-9-17(29-2)18(30-3)10-16(13)23(27)28)19(24)22(21-11)14-6-4-12(5-7-14)20(25)26/h4-10H,1-3H3,(H,25,26)/p-1/b15-8+. The molecule has 0 bridgehead atoms. The molecule has 0 radical (unpaired) electrons. The Balaban J connectivity index is 2.03. The van der Waals surface area contributed by atoms with E-state index >= 15 is 0 Å². The molecule has 0 aliphatic carbocycles. The smallest absolute Gasteiger partial charge is 0.280 e. The van der Waals surface area contributed by atoms with Gasteiger partial charge in [0.05, 0.1) is 53.7 Å². The number of nitrogens with zero attached hydrogens (tertiary/aromatic N) is 3. The molecule has 0 saturated heterocycles. The van der Waals surface area contributed by atoms with Crippen molar-refractivity contribution in [3.8, 4) is 11.5 Å². The van der Waals surface area contributed by atoms with Crippen molar-refractivity contribution in [2.45, 2.75) is 6.92 Å². The van der Waals surface area contributed by atoms with E-state index in [1.807, 2.05) is 0 Å². The van der Waals surface area contributed by atoms with Crippen LogP contribution < -0.4 is 19.6 Å². The van der Waals surface area contributed by atoms with Crippen LogP contribution in [0.5, 0.6) is 11.5 Å². The molecule has 1 amide bonds. The van der Waals surface area contributed by atoms with Crippen molar-refractivity contribution in [1.29, 1.82) is 0 Å². The average molecular weight is 410 g/mol. The molecule has 1 heterocycles. The highest BCUT2D eigenvalue weighted by molar-refractivity contribution is 6.32. The number of ether oxygens (including phenoxy) is 2. The molecule has 0 aromatic heterocycles. The molecule has 0 spiro atoms. The van der Waals surface area contributed by atoms with Crippen LogP contribution in [0.25, 0.3) is 6.08 Å². The summed E-state index contributed by atoms with van der Waals surface area (Å²) in [5.74, 6) is -1.40. The first-order valence-electron chi connectivity index (χ1n) is 8.60. The molecule has 30 heavy (non-hydrogen) atoms. The largest absolute Gasteiger partial charge is 0.545 e. The SMILES string of the molecule is COc1cc(/C=C2/C(=O)N(c3ccc(C(=O)[O-])cc3)N=C2C)c([N+](=O)[O-])cc1OC. The van der Waals surface area contributed by atoms with Gasteiger partial charge in [0.1, 0.15) is 0 Å². The third-order valence-electron chi connectivity index (χ3n) is 4.44. The minimum absolute atomic E-state index is 0.0391. The molecule has 1 aliphatic heterocycles. The third-order valence-corrected chi connectivity index (χ3v) is 4.44. The lowest BCUT2D eigenvalue weighted by atomic mass is 10.0. The number of anilines is 1. The van der Waals surface area contributed by atoms with E-state index in [9.17, 15) is 24.8 Å². The van der Waals surface area contributed by atoms with E-state index in [1.165, 1.54) is 56.7 Å². The molecule has 0 fully saturated rings. The second-order valence-corrected chi connectivity index (χ2v) is 6.22. The number of carboxylic acids is 1. The Hall–Kier alpha value is -4.21. The van der Waals surface area contributed by atoms with Gasteiger partial charge >= 0.3 is 0 Å². The zero-order chi connectivity index (χ0) is 22.0. The van der Waals surface area contributed by atoms with Gasteiger partial charge < -0.3 is 19.4 Å². The second-order valence-electron chi connectivity index (χ2n) is 6.22. The number of amides is 1. The van der Waals surface area contributed by atoms with Gasteiger partial charge in [-0.1, -0.05) is 12.1 Å². The molecule has 1 aliphatic rings. The minimum atomic E-state index is -1.34. The van der Waals surface area contributed by atoms with Crippen molar-refractivity contribution in [2.24, 2.45) is 5.10 Å². The monoisotopic (exact) mass is 410 g/mol. The lowest BCUT2D eigenvalue weighted by Gasteiger charge is -2.13. The van der Waals surface area contributed by atoms with E-state index in [0.29, 0.717) is 11.4 Å². The number of rotatable bonds is 6. The van der Waals surface area contributed by atoms with E-state index < -0.39 is 16.8 Å². The van der Waals surface area contributed by atoms with Crippen molar-refractivity contribution in [2.75, 3.05) is 19.2 Å². The number of hydrogen-bond donors (Lipinski definition) is 0. The van der Waals surface area contributed by atoms with Crippen LogP contribution in [-0.2, 0) is 4.79 Å². The van der Waals surface area contributed by atoms with Crippen LogP contribution in [0.2, 0.25) is 0 Å². The number of carbonyl (C=O) groups excluding carboxylic acids is 2. The van der Waals surface area contributed by atoms with Crippen LogP contribution in [0.3, 0.4) is 0 Å². The molecular formula is C20H16N3O7-. The van der Waals surface area contributed by atoms with E-state index in [4.69, 9.17) is 9.47 Å². The summed E-state index contributed by atoms with van der Waals surface area (Å²) >= 11 is 0. The molecule has 0 unspecified atom stereocenters. The summed E-state index contributed by atoms with van der Waals surface area (Å²) in [7, 11) is 2.76. The Kier molecular flexibility index (Phi) is 5.50. The van der Waals surface area contributed by atoms with Gasteiger partial charge in [-0.15, -0.1) is 0 Å². The van der Waals surface area contributed by atoms with Crippen molar-refractivity contribution < 1.29 is 29.1 Å². The molecule has 3 rings (SSSR count). The quantitative estimate of drug-likeness (QED) is 0.402. The number of hydrazone groups is 1. The summed E-state index contributed by atoms with van der Waals surface area (Å²) in [6.07, 6.45) is 1.36. The van der Waals surface area contributed by atoms with Gasteiger partial charge in [0.15, 0.2) is 11.5 Å². The Morgan fingerprint density at radius 2 is 1.73 bits per heavy atom. The van der Waals surface area contributed by atoms with Crippen LogP contribution in [-0.4, -0.2) is 36.7 Å². The minimum Gasteiger partial charge on any atom is -0.545 e. The fraction of sp³-hybridized carbons (Fsp3) is 0.150. The molecule has 2 aromatic carbocycles. The number of nitro groups is 1.